The van der Waals surface area contributed by atoms with Gasteiger partial charge in [0.15, 0.2) is 0 Å². The zero-order chi connectivity index (χ0) is 15.2. The van der Waals surface area contributed by atoms with Crippen LogP contribution in [-0.4, -0.2) is 47.9 Å². The van der Waals surface area contributed by atoms with Crippen LogP contribution in [-0.2, 0) is 11.2 Å². The number of nitrogen functional groups attached to an aromatic ring is 1. The first-order chi connectivity index (χ1) is 10.1. The monoisotopic (exact) mass is 289 g/mol. The Morgan fingerprint density at radius 2 is 1.76 bits per heavy atom. The van der Waals surface area contributed by atoms with Crippen LogP contribution in [0, 0.1) is 0 Å². The van der Waals surface area contributed by atoms with Gasteiger partial charge in [0, 0.05) is 24.8 Å². The maximum atomic E-state index is 12.3. The topological polar surface area (TPSA) is 49.6 Å². The molecule has 116 valence electrons. The van der Waals surface area contributed by atoms with Crippen molar-refractivity contribution in [3.8, 4) is 0 Å². The van der Waals surface area contributed by atoms with Crippen LogP contribution in [0.5, 0.6) is 0 Å². The second-order valence-electron chi connectivity index (χ2n) is 5.75. The first kappa shape index (κ1) is 15.8. The van der Waals surface area contributed by atoms with Crippen molar-refractivity contribution in [2.45, 2.75) is 39.2 Å². The molecule has 0 aromatic heterocycles. The van der Waals surface area contributed by atoms with Gasteiger partial charge in [-0.15, -0.1) is 0 Å². The summed E-state index contributed by atoms with van der Waals surface area (Å²) in [6, 6.07) is 8.23. The van der Waals surface area contributed by atoms with Crippen LogP contribution in [0.4, 0.5) is 5.69 Å². The molecule has 0 bridgehead atoms. The second kappa shape index (κ2) is 7.46. The number of likely N-dealkylation sites (tertiary alicyclic amines) is 1. The number of benzene rings is 1. The Bertz CT molecular complexity index is 446. The smallest absolute Gasteiger partial charge is 0.226 e. The number of rotatable bonds is 5. The molecule has 4 nitrogen and oxygen atoms in total. The molecule has 1 amide bonds. The van der Waals surface area contributed by atoms with Crippen LogP contribution in [0.3, 0.4) is 0 Å². The fourth-order valence-electron chi connectivity index (χ4n) is 3.14. The van der Waals surface area contributed by atoms with Crippen molar-refractivity contribution in [2.75, 3.05) is 31.9 Å². The third-order valence-corrected chi connectivity index (χ3v) is 4.48. The molecule has 21 heavy (non-hydrogen) atoms. The molecule has 4 heteroatoms. The number of anilines is 1. The highest BCUT2D eigenvalue weighted by atomic mass is 16.2. The van der Waals surface area contributed by atoms with Gasteiger partial charge in [-0.3, -0.25) is 4.79 Å². The Hall–Kier alpha value is -1.55. The highest BCUT2D eigenvalue weighted by Gasteiger charge is 2.25. The van der Waals surface area contributed by atoms with E-state index in [1.165, 1.54) is 0 Å². The molecule has 1 heterocycles. The largest absolute Gasteiger partial charge is 0.399 e. The van der Waals surface area contributed by atoms with Crippen molar-refractivity contribution in [1.82, 2.24) is 9.80 Å². The summed E-state index contributed by atoms with van der Waals surface area (Å²) in [4.78, 5) is 16.9. The van der Waals surface area contributed by atoms with E-state index in [9.17, 15) is 4.79 Å². The summed E-state index contributed by atoms with van der Waals surface area (Å²) in [7, 11) is 0. The predicted molar refractivity (Wildman–Crippen MR) is 87.1 cm³/mol. The first-order valence-electron chi connectivity index (χ1n) is 8.00. The number of hydrogen-bond donors (Lipinski definition) is 1. The summed E-state index contributed by atoms with van der Waals surface area (Å²) in [5, 5.41) is 0. The molecule has 1 aliphatic heterocycles. The van der Waals surface area contributed by atoms with Crippen LogP contribution in [0.2, 0.25) is 0 Å². The van der Waals surface area contributed by atoms with Gasteiger partial charge in [0.25, 0.3) is 0 Å². The molecule has 2 rings (SSSR count). The molecular weight excluding hydrogens is 262 g/mol. The zero-order valence-electron chi connectivity index (χ0n) is 13.2. The van der Waals surface area contributed by atoms with Crippen LogP contribution < -0.4 is 5.73 Å². The van der Waals surface area contributed by atoms with Crippen molar-refractivity contribution in [3.63, 3.8) is 0 Å². The van der Waals surface area contributed by atoms with Crippen LogP contribution in [0.15, 0.2) is 24.3 Å². The summed E-state index contributed by atoms with van der Waals surface area (Å²) in [5.74, 6) is 0.234. The lowest BCUT2D eigenvalue weighted by atomic mass is 10.0. The van der Waals surface area contributed by atoms with Gasteiger partial charge in [0.2, 0.25) is 5.91 Å². The van der Waals surface area contributed by atoms with Gasteiger partial charge >= 0.3 is 0 Å². The van der Waals surface area contributed by atoms with Gasteiger partial charge in [-0.1, -0.05) is 26.0 Å². The van der Waals surface area contributed by atoms with Gasteiger partial charge < -0.3 is 15.5 Å². The molecule has 1 aromatic rings. The minimum atomic E-state index is 0.234. The van der Waals surface area contributed by atoms with Gasteiger partial charge in [-0.2, -0.15) is 0 Å². The number of nitrogens with two attached hydrogens (primary N) is 1. The Kier molecular flexibility index (Phi) is 5.62. The van der Waals surface area contributed by atoms with Crippen LogP contribution >= 0.6 is 0 Å². The van der Waals surface area contributed by atoms with Gasteiger partial charge in [-0.05, 0) is 43.6 Å². The number of amides is 1. The molecule has 0 atom stereocenters. The van der Waals surface area contributed by atoms with E-state index in [1.54, 1.807) is 0 Å². The lowest BCUT2D eigenvalue weighted by Crippen LogP contribution is -2.47. The van der Waals surface area contributed by atoms with E-state index in [0.29, 0.717) is 12.5 Å². The minimum absolute atomic E-state index is 0.234. The molecule has 2 N–H and O–H groups in total. The SMILES string of the molecule is CCN(CC)C1CCN(C(=O)Cc2ccc(N)cc2)CC1. The lowest BCUT2D eigenvalue weighted by Gasteiger charge is -2.37. The maximum Gasteiger partial charge on any atom is 0.226 e. The molecule has 0 saturated carbocycles. The highest BCUT2D eigenvalue weighted by Crippen LogP contribution is 2.17. The van der Waals surface area contributed by atoms with Crippen molar-refractivity contribution < 1.29 is 4.79 Å². The van der Waals surface area contributed by atoms with Gasteiger partial charge in [0.1, 0.15) is 0 Å². The molecule has 0 aliphatic carbocycles. The van der Waals surface area contributed by atoms with E-state index in [1.807, 2.05) is 29.2 Å². The fourth-order valence-corrected chi connectivity index (χ4v) is 3.14. The van der Waals surface area contributed by atoms with E-state index >= 15 is 0 Å². The summed E-state index contributed by atoms with van der Waals surface area (Å²) in [6.07, 6.45) is 2.67. The molecule has 1 saturated heterocycles. The Labute approximate surface area is 127 Å². The number of carbonyl (C=O) groups excluding carboxylic acids is 1. The number of nitrogens with zero attached hydrogens (tertiary/aromatic N) is 2. The van der Waals surface area contributed by atoms with Crippen LogP contribution in [0.1, 0.15) is 32.3 Å². The Morgan fingerprint density at radius 1 is 1.19 bits per heavy atom. The quantitative estimate of drug-likeness (QED) is 0.845. The number of carbonyl (C=O) groups is 1. The molecule has 0 radical (unpaired) electrons. The predicted octanol–water partition coefficient (Wildman–Crippen LogP) is 2.14. The zero-order valence-corrected chi connectivity index (χ0v) is 13.2. The summed E-state index contributed by atoms with van der Waals surface area (Å²) >= 11 is 0. The van der Waals surface area contributed by atoms with E-state index in [-0.39, 0.29) is 5.91 Å². The molecule has 1 aromatic carbocycles. The average Bonchev–Trinajstić information content (AvgIpc) is 2.51. The van der Waals surface area contributed by atoms with Crippen molar-refractivity contribution in [1.29, 1.82) is 0 Å². The Morgan fingerprint density at radius 3 is 2.29 bits per heavy atom. The van der Waals surface area contributed by atoms with E-state index in [2.05, 4.69) is 18.7 Å². The molecule has 1 fully saturated rings. The average molecular weight is 289 g/mol. The lowest BCUT2D eigenvalue weighted by molar-refractivity contribution is -0.132. The molecule has 1 aliphatic rings. The number of piperidine rings is 1. The van der Waals surface area contributed by atoms with Crippen molar-refractivity contribution in [3.05, 3.63) is 29.8 Å². The third kappa shape index (κ3) is 4.21. The van der Waals surface area contributed by atoms with Crippen molar-refractivity contribution in [2.24, 2.45) is 0 Å². The normalized spacial score (nSPS) is 16.4. The standard InChI is InChI=1S/C17H27N3O/c1-3-19(4-2)16-9-11-20(12-10-16)17(21)13-14-5-7-15(18)8-6-14/h5-8,16H,3-4,9-13,18H2,1-2H3. The molecular formula is C17H27N3O. The summed E-state index contributed by atoms with van der Waals surface area (Å²) in [5.41, 5.74) is 7.45. The first-order valence-corrected chi connectivity index (χ1v) is 8.00. The molecule has 0 spiro atoms. The number of hydrogen-bond acceptors (Lipinski definition) is 3. The van der Waals surface area contributed by atoms with Gasteiger partial charge in [-0.25, -0.2) is 0 Å². The van der Waals surface area contributed by atoms with E-state index in [4.69, 9.17) is 5.73 Å². The maximum absolute atomic E-state index is 12.3. The van der Waals surface area contributed by atoms with Gasteiger partial charge in [0.05, 0.1) is 6.42 Å². The third-order valence-electron chi connectivity index (χ3n) is 4.48. The van der Waals surface area contributed by atoms with Crippen LogP contribution in [0.25, 0.3) is 0 Å². The molecule has 0 unspecified atom stereocenters. The van der Waals surface area contributed by atoms with E-state index < -0.39 is 0 Å². The Balaban J connectivity index is 1.84. The fraction of sp³-hybridized carbons (Fsp3) is 0.588. The highest BCUT2D eigenvalue weighted by molar-refractivity contribution is 5.79. The second-order valence-corrected chi connectivity index (χ2v) is 5.75. The summed E-state index contributed by atoms with van der Waals surface area (Å²) < 4.78 is 0. The summed E-state index contributed by atoms with van der Waals surface area (Å²) in [6.45, 7) is 8.38. The minimum Gasteiger partial charge on any atom is -0.399 e. The van der Waals surface area contributed by atoms with E-state index in [0.717, 1.165) is 50.3 Å². The van der Waals surface area contributed by atoms with Crippen molar-refractivity contribution >= 4 is 11.6 Å².